The van der Waals surface area contributed by atoms with Crippen molar-refractivity contribution in [2.45, 2.75) is 44.6 Å². The molecule has 1 heterocycles. The first-order chi connectivity index (χ1) is 16.0. The van der Waals surface area contributed by atoms with E-state index in [2.05, 4.69) is 4.72 Å². The molecule has 34 heavy (non-hydrogen) atoms. The minimum atomic E-state index is -3.80. The summed E-state index contributed by atoms with van der Waals surface area (Å²) in [6.07, 6.45) is -0.244. The summed E-state index contributed by atoms with van der Waals surface area (Å²) in [5.74, 6) is -0.599. The molecule has 1 amide bonds. The number of sulfonamides is 1. The molecule has 2 aromatic rings. The second-order valence-corrected chi connectivity index (χ2v) is 10.7. The van der Waals surface area contributed by atoms with Crippen LogP contribution in [0, 0.1) is 0 Å². The Bertz CT molecular complexity index is 1130. The van der Waals surface area contributed by atoms with Gasteiger partial charge in [0.2, 0.25) is 10.0 Å². The van der Waals surface area contributed by atoms with Crippen LogP contribution in [0.5, 0.6) is 5.75 Å². The van der Waals surface area contributed by atoms with E-state index in [4.69, 9.17) is 14.2 Å². The molecule has 10 heteroatoms. The summed E-state index contributed by atoms with van der Waals surface area (Å²) in [5.41, 5.74) is 0.304. The van der Waals surface area contributed by atoms with Crippen molar-refractivity contribution >= 4 is 27.8 Å². The maximum Gasteiger partial charge on any atom is 0.410 e. The molecule has 0 saturated carbocycles. The maximum absolute atomic E-state index is 12.8. The standard InChI is InChI=1S/C24H30N2O7S/c1-24(2,3)33-23(28)26-13-12-19(15-26)32-21-11-10-18(22(27)31-4)14-20(21)25-34(29,30)16-17-8-6-5-7-9-17/h5-11,14,19,25H,12-13,15-16H2,1-4H3/t19-/m1/s1. The van der Waals surface area contributed by atoms with Gasteiger partial charge in [0.05, 0.1) is 30.7 Å². The predicted molar refractivity (Wildman–Crippen MR) is 127 cm³/mol. The zero-order valence-corrected chi connectivity index (χ0v) is 20.6. The predicted octanol–water partition coefficient (Wildman–Crippen LogP) is 3.80. The van der Waals surface area contributed by atoms with Gasteiger partial charge in [0.15, 0.2) is 0 Å². The van der Waals surface area contributed by atoms with Gasteiger partial charge in [-0.3, -0.25) is 4.72 Å². The summed E-state index contributed by atoms with van der Waals surface area (Å²) in [4.78, 5) is 25.9. The average Bonchev–Trinajstić information content (AvgIpc) is 3.22. The number of anilines is 1. The van der Waals surface area contributed by atoms with Crippen LogP contribution < -0.4 is 9.46 Å². The fraction of sp³-hybridized carbons (Fsp3) is 0.417. The van der Waals surface area contributed by atoms with Crippen LogP contribution in [-0.4, -0.2) is 57.3 Å². The van der Waals surface area contributed by atoms with E-state index < -0.39 is 27.7 Å². The number of nitrogens with zero attached hydrogens (tertiary/aromatic N) is 1. The van der Waals surface area contributed by atoms with E-state index in [0.29, 0.717) is 25.1 Å². The summed E-state index contributed by atoms with van der Waals surface area (Å²) in [6.45, 7) is 6.14. The number of carbonyl (C=O) groups excluding carboxylic acids is 2. The lowest BCUT2D eigenvalue weighted by molar-refractivity contribution is 0.0275. The fourth-order valence-corrected chi connectivity index (χ4v) is 4.65. The number of rotatable bonds is 7. The van der Waals surface area contributed by atoms with Gasteiger partial charge in [0, 0.05) is 13.0 Å². The van der Waals surface area contributed by atoms with E-state index in [9.17, 15) is 18.0 Å². The molecule has 0 radical (unpaired) electrons. The third-order valence-electron chi connectivity index (χ3n) is 4.96. The van der Waals surface area contributed by atoms with Crippen molar-refractivity contribution in [3.05, 3.63) is 59.7 Å². The van der Waals surface area contributed by atoms with Gasteiger partial charge in [-0.05, 0) is 44.5 Å². The highest BCUT2D eigenvalue weighted by atomic mass is 32.2. The molecule has 1 fully saturated rings. The summed E-state index contributed by atoms with van der Waals surface area (Å²) in [7, 11) is -2.56. The highest BCUT2D eigenvalue weighted by molar-refractivity contribution is 7.91. The van der Waals surface area contributed by atoms with Crippen LogP contribution in [0.4, 0.5) is 10.5 Å². The van der Waals surface area contributed by atoms with Gasteiger partial charge in [-0.1, -0.05) is 30.3 Å². The molecule has 2 aromatic carbocycles. The molecule has 1 saturated heterocycles. The van der Waals surface area contributed by atoms with Crippen LogP contribution >= 0.6 is 0 Å². The van der Waals surface area contributed by atoms with Crippen LogP contribution in [0.2, 0.25) is 0 Å². The first kappa shape index (κ1) is 25.4. The first-order valence-corrected chi connectivity index (χ1v) is 12.5. The van der Waals surface area contributed by atoms with Crippen molar-refractivity contribution in [2.75, 3.05) is 24.9 Å². The normalized spacial score (nSPS) is 16.1. The lowest BCUT2D eigenvalue weighted by Gasteiger charge is -2.24. The lowest BCUT2D eigenvalue weighted by Crippen LogP contribution is -2.36. The minimum absolute atomic E-state index is 0.120. The van der Waals surface area contributed by atoms with Crippen LogP contribution in [0.25, 0.3) is 0 Å². The molecule has 1 aliphatic rings. The Kier molecular flexibility index (Phi) is 7.71. The zero-order valence-electron chi connectivity index (χ0n) is 19.7. The number of hydrogen-bond acceptors (Lipinski definition) is 7. The van der Waals surface area contributed by atoms with E-state index in [-0.39, 0.29) is 28.9 Å². The molecule has 1 aliphatic heterocycles. The van der Waals surface area contributed by atoms with E-state index >= 15 is 0 Å². The van der Waals surface area contributed by atoms with Gasteiger partial charge >= 0.3 is 12.1 Å². The minimum Gasteiger partial charge on any atom is -0.486 e. The molecule has 9 nitrogen and oxygen atoms in total. The largest absolute Gasteiger partial charge is 0.486 e. The van der Waals surface area contributed by atoms with E-state index in [1.807, 2.05) is 0 Å². The molecule has 0 bridgehead atoms. The Morgan fingerprint density at radius 3 is 2.47 bits per heavy atom. The number of likely N-dealkylation sites (tertiary alicyclic amines) is 1. The number of ether oxygens (including phenoxy) is 3. The lowest BCUT2D eigenvalue weighted by atomic mass is 10.2. The van der Waals surface area contributed by atoms with Gasteiger partial charge in [-0.25, -0.2) is 18.0 Å². The first-order valence-electron chi connectivity index (χ1n) is 10.9. The third kappa shape index (κ3) is 7.11. The molecule has 3 rings (SSSR count). The van der Waals surface area contributed by atoms with Crippen LogP contribution in [0.3, 0.4) is 0 Å². The zero-order chi connectivity index (χ0) is 24.9. The van der Waals surface area contributed by atoms with Crippen LogP contribution in [0.15, 0.2) is 48.5 Å². The Balaban J connectivity index is 1.78. The maximum atomic E-state index is 12.8. The number of nitrogens with one attached hydrogen (secondary N) is 1. The van der Waals surface area contributed by atoms with Crippen molar-refractivity contribution < 1.29 is 32.2 Å². The van der Waals surface area contributed by atoms with Gasteiger partial charge in [-0.15, -0.1) is 0 Å². The monoisotopic (exact) mass is 490 g/mol. The van der Waals surface area contributed by atoms with Gasteiger partial charge in [-0.2, -0.15) is 0 Å². The summed E-state index contributed by atoms with van der Waals surface area (Å²) < 4.78 is 44.4. The molecule has 1 N–H and O–H groups in total. The third-order valence-corrected chi connectivity index (χ3v) is 6.20. The van der Waals surface area contributed by atoms with Gasteiger partial charge < -0.3 is 19.1 Å². The number of esters is 1. The Hall–Kier alpha value is -3.27. The summed E-state index contributed by atoms with van der Waals surface area (Å²) in [6, 6.07) is 13.1. The summed E-state index contributed by atoms with van der Waals surface area (Å²) >= 11 is 0. The second-order valence-electron chi connectivity index (χ2n) is 9.00. The van der Waals surface area contributed by atoms with E-state index in [0.717, 1.165) is 0 Å². The van der Waals surface area contributed by atoms with Gasteiger partial charge in [0.25, 0.3) is 0 Å². The molecule has 0 unspecified atom stereocenters. The Labute approximate surface area is 200 Å². The Morgan fingerprint density at radius 2 is 1.82 bits per heavy atom. The van der Waals surface area contributed by atoms with Crippen molar-refractivity contribution in [1.82, 2.24) is 4.90 Å². The molecule has 1 atom stereocenters. The van der Waals surface area contributed by atoms with Crippen molar-refractivity contribution in [2.24, 2.45) is 0 Å². The van der Waals surface area contributed by atoms with Crippen molar-refractivity contribution in [1.29, 1.82) is 0 Å². The van der Waals surface area contributed by atoms with Crippen LogP contribution in [-0.2, 0) is 25.2 Å². The van der Waals surface area contributed by atoms with Crippen LogP contribution in [0.1, 0.15) is 43.1 Å². The second kappa shape index (κ2) is 10.3. The molecule has 0 aliphatic carbocycles. The SMILES string of the molecule is COC(=O)c1ccc(O[C@@H]2CCN(C(=O)OC(C)(C)C)C2)c(NS(=O)(=O)Cc2ccccc2)c1. The number of methoxy groups -OCH3 is 1. The quantitative estimate of drug-likeness (QED) is 0.588. The Morgan fingerprint density at radius 1 is 1.12 bits per heavy atom. The van der Waals surface area contributed by atoms with E-state index in [1.165, 1.54) is 25.3 Å². The van der Waals surface area contributed by atoms with Crippen molar-refractivity contribution in [3.8, 4) is 5.75 Å². The van der Waals surface area contributed by atoms with Gasteiger partial charge in [0.1, 0.15) is 17.5 Å². The molecule has 0 spiro atoms. The fourth-order valence-electron chi connectivity index (χ4n) is 3.45. The molecule has 0 aromatic heterocycles. The number of amides is 1. The number of carbonyl (C=O) groups is 2. The highest BCUT2D eigenvalue weighted by Crippen LogP contribution is 2.30. The average molecular weight is 491 g/mol. The number of hydrogen-bond donors (Lipinski definition) is 1. The highest BCUT2D eigenvalue weighted by Gasteiger charge is 2.31. The smallest absolute Gasteiger partial charge is 0.410 e. The topological polar surface area (TPSA) is 111 Å². The molecule has 184 valence electrons. The molecular formula is C24H30N2O7S. The van der Waals surface area contributed by atoms with E-state index in [1.54, 1.807) is 56.0 Å². The summed E-state index contributed by atoms with van der Waals surface area (Å²) in [5, 5.41) is 0. The number of benzene rings is 2. The van der Waals surface area contributed by atoms with Crippen molar-refractivity contribution in [3.63, 3.8) is 0 Å². The molecular weight excluding hydrogens is 460 g/mol.